The second-order valence-electron chi connectivity index (χ2n) is 13.4. The summed E-state index contributed by atoms with van der Waals surface area (Å²) < 4.78 is 4.96. The summed E-state index contributed by atoms with van der Waals surface area (Å²) in [6, 6.07) is -1.84. The third-order valence-electron chi connectivity index (χ3n) is 9.17. The van der Waals surface area contributed by atoms with Gasteiger partial charge in [-0.15, -0.1) is 0 Å². The summed E-state index contributed by atoms with van der Waals surface area (Å²) in [6.45, 7) is 12.9. The maximum atomic E-state index is 14.0. The van der Waals surface area contributed by atoms with Crippen LogP contribution in [0.25, 0.3) is 0 Å². The first-order valence-electron chi connectivity index (χ1n) is 15.2. The number of esters is 1. The molecule has 0 aromatic heterocycles. The van der Waals surface area contributed by atoms with Gasteiger partial charge in [-0.3, -0.25) is 24.2 Å². The van der Waals surface area contributed by atoms with Crippen molar-refractivity contribution in [3.05, 3.63) is 0 Å². The van der Waals surface area contributed by atoms with Gasteiger partial charge < -0.3 is 19.9 Å². The fourth-order valence-electron chi connectivity index (χ4n) is 6.61. The number of rotatable bonds is 9. The maximum Gasteiger partial charge on any atom is 0.328 e. The summed E-state index contributed by atoms with van der Waals surface area (Å²) in [7, 11) is 5.17. The van der Waals surface area contributed by atoms with E-state index in [2.05, 4.69) is 29.0 Å². The highest BCUT2D eigenvalue weighted by molar-refractivity contribution is 5.91. The summed E-state index contributed by atoms with van der Waals surface area (Å²) >= 11 is 0. The van der Waals surface area contributed by atoms with Crippen LogP contribution < -0.4 is 5.32 Å². The van der Waals surface area contributed by atoms with Crippen LogP contribution >= 0.6 is 0 Å². The molecular formula is C30H53N5O5. The summed E-state index contributed by atoms with van der Waals surface area (Å²) in [5.74, 6) is -0.416. The quantitative estimate of drug-likeness (QED) is 0.429. The monoisotopic (exact) mass is 563 g/mol. The van der Waals surface area contributed by atoms with Gasteiger partial charge in [-0.1, -0.05) is 41.0 Å². The van der Waals surface area contributed by atoms with Crippen LogP contribution in [0.1, 0.15) is 79.6 Å². The normalized spacial score (nSPS) is 26.0. The standard InChI is InChI=1S/C30H53N5O5/c1-20(2)24(19-34-17-11-14-22(34)27(37)35-18-12-15-23(35)29(39)40-8)33(7)28(38)25(30(3,4)5)31-26(36)21-13-9-10-16-32(21)6/h20-25H,9-19H2,1-8H3,(H,31,36)/t21-,22+,23-,24-,25-/m1/s1. The number of hydrogen-bond donors (Lipinski definition) is 1. The smallest absolute Gasteiger partial charge is 0.328 e. The molecule has 10 heteroatoms. The van der Waals surface area contributed by atoms with Gasteiger partial charge in [0.1, 0.15) is 12.1 Å². The van der Waals surface area contributed by atoms with Crippen LogP contribution in [0, 0.1) is 11.3 Å². The van der Waals surface area contributed by atoms with Gasteiger partial charge in [0.25, 0.3) is 0 Å². The van der Waals surface area contributed by atoms with E-state index in [1.54, 1.807) is 9.80 Å². The average molecular weight is 564 g/mol. The van der Waals surface area contributed by atoms with Gasteiger partial charge in [0.15, 0.2) is 0 Å². The first-order chi connectivity index (χ1) is 18.8. The second kappa shape index (κ2) is 13.6. The van der Waals surface area contributed by atoms with Gasteiger partial charge in [-0.05, 0) is 70.0 Å². The molecule has 228 valence electrons. The van der Waals surface area contributed by atoms with Crippen molar-refractivity contribution in [1.82, 2.24) is 24.9 Å². The molecule has 0 aromatic carbocycles. The van der Waals surface area contributed by atoms with Crippen molar-refractivity contribution in [2.75, 3.05) is 47.4 Å². The van der Waals surface area contributed by atoms with Crippen LogP contribution in [0.4, 0.5) is 0 Å². The van der Waals surface area contributed by atoms with E-state index in [1.807, 2.05) is 34.9 Å². The van der Waals surface area contributed by atoms with Crippen LogP contribution in [0.5, 0.6) is 0 Å². The molecule has 10 nitrogen and oxygen atoms in total. The molecule has 3 heterocycles. The van der Waals surface area contributed by atoms with Crippen molar-refractivity contribution in [3.63, 3.8) is 0 Å². The Morgan fingerprint density at radius 3 is 2.15 bits per heavy atom. The lowest BCUT2D eigenvalue weighted by Gasteiger charge is -2.41. The highest BCUT2D eigenvalue weighted by atomic mass is 16.5. The molecule has 40 heavy (non-hydrogen) atoms. The molecule has 0 unspecified atom stereocenters. The lowest BCUT2D eigenvalue weighted by atomic mass is 9.84. The number of carbonyl (C=O) groups is 4. The zero-order chi connectivity index (χ0) is 29.8. The van der Waals surface area contributed by atoms with E-state index in [4.69, 9.17) is 4.74 Å². The molecule has 0 aliphatic carbocycles. The Labute approximate surface area is 241 Å². The lowest BCUT2D eigenvalue weighted by Crippen LogP contribution is -2.61. The summed E-state index contributed by atoms with van der Waals surface area (Å²) in [6.07, 6.45) is 5.96. The Morgan fingerprint density at radius 1 is 0.925 bits per heavy atom. The van der Waals surface area contributed by atoms with Crippen LogP contribution in [0.3, 0.4) is 0 Å². The van der Waals surface area contributed by atoms with Gasteiger partial charge >= 0.3 is 5.97 Å². The number of piperidine rings is 1. The minimum Gasteiger partial charge on any atom is -0.467 e. The van der Waals surface area contributed by atoms with E-state index in [1.165, 1.54) is 7.11 Å². The largest absolute Gasteiger partial charge is 0.467 e. The summed E-state index contributed by atoms with van der Waals surface area (Å²) in [5, 5.41) is 3.12. The Kier molecular flexibility index (Phi) is 11.0. The molecule has 0 saturated carbocycles. The number of likely N-dealkylation sites (tertiary alicyclic amines) is 3. The SMILES string of the molecule is COC(=O)[C@H]1CCCN1C(=O)[C@@H]1CCCN1C[C@H](C(C)C)N(C)C(=O)[C@@H](NC(=O)[C@H]1CCCCN1C)C(C)(C)C. The van der Waals surface area contributed by atoms with E-state index in [-0.39, 0.29) is 47.7 Å². The number of hydrogen-bond acceptors (Lipinski definition) is 7. The second-order valence-corrected chi connectivity index (χ2v) is 13.4. The molecular weight excluding hydrogens is 510 g/mol. The number of carbonyl (C=O) groups excluding carboxylic acids is 4. The molecule has 0 radical (unpaired) electrons. The highest BCUT2D eigenvalue weighted by Gasteiger charge is 2.43. The topological polar surface area (TPSA) is 102 Å². The summed E-state index contributed by atoms with van der Waals surface area (Å²) in [4.78, 5) is 61.0. The van der Waals surface area contributed by atoms with Crippen molar-refractivity contribution < 1.29 is 23.9 Å². The molecule has 3 aliphatic rings. The first kappa shape index (κ1) is 32.3. The molecule has 3 amide bonds. The Balaban J connectivity index is 1.74. The van der Waals surface area contributed by atoms with E-state index >= 15 is 0 Å². The van der Waals surface area contributed by atoms with Crippen molar-refractivity contribution in [2.45, 2.75) is 110 Å². The predicted molar refractivity (Wildman–Crippen MR) is 154 cm³/mol. The molecule has 5 atom stereocenters. The first-order valence-corrected chi connectivity index (χ1v) is 15.2. The van der Waals surface area contributed by atoms with Gasteiger partial charge in [0, 0.05) is 26.2 Å². The van der Waals surface area contributed by atoms with Crippen LogP contribution in [-0.4, -0.2) is 121 Å². The van der Waals surface area contributed by atoms with Gasteiger partial charge in [0.05, 0.1) is 19.2 Å². The zero-order valence-electron chi connectivity index (χ0n) is 26.1. The number of likely N-dealkylation sites (N-methyl/N-ethyl adjacent to an activating group) is 2. The Morgan fingerprint density at radius 2 is 1.55 bits per heavy atom. The van der Waals surface area contributed by atoms with Crippen LogP contribution in [0.15, 0.2) is 0 Å². The van der Waals surface area contributed by atoms with Gasteiger partial charge in [-0.25, -0.2) is 4.79 Å². The molecule has 3 saturated heterocycles. The number of methoxy groups -OCH3 is 1. The molecule has 3 rings (SSSR count). The molecule has 3 fully saturated rings. The van der Waals surface area contributed by atoms with Gasteiger partial charge in [0.2, 0.25) is 17.7 Å². The van der Waals surface area contributed by atoms with E-state index in [0.29, 0.717) is 19.5 Å². The lowest BCUT2D eigenvalue weighted by molar-refractivity contribution is -0.152. The van der Waals surface area contributed by atoms with Crippen molar-refractivity contribution in [3.8, 4) is 0 Å². The minimum absolute atomic E-state index is 0.0154. The Hall–Kier alpha value is -2.20. The molecule has 0 spiro atoms. The van der Waals surface area contributed by atoms with Crippen LogP contribution in [-0.2, 0) is 23.9 Å². The predicted octanol–water partition coefficient (Wildman–Crippen LogP) is 2.11. The fourth-order valence-corrected chi connectivity index (χ4v) is 6.61. The van der Waals surface area contributed by atoms with Crippen molar-refractivity contribution >= 4 is 23.7 Å². The zero-order valence-corrected chi connectivity index (χ0v) is 26.1. The molecule has 0 aromatic rings. The summed E-state index contributed by atoms with van der Waals surface area (Å²) in [5.41, 5.74) is -0.472. The van der Waals surface area contributed by atoms with Crippen molar-refractivity contribution in [1.29, 1.82) is 0 Å². The highest BCUT2D eigenvalue weighted by Crippen LogP contribution is 2.28. The van der Waals surface area contributed by atoms with E-state index < -0.39 is 17.5 Å². The fraction of sp³-hybridized carbons (Fsp3) is 0.867. The molecule has 0 bridgehead atoms. The molecule has 1 N–H and O–H groups in total. The van der Waals surface area contributed by atoms with E-state index in [9.17, 15) is 19.2 Å². The third kappa shape index (κ3) is 7.35. The Bertz CT molecular complexity index is 919. The van der Waals surface area contributed by atoms with E-state index in [0.717, 1.165) is 51.6 Å². The number of nitrogens with zero attached hydrogens (tertiary/aromatic N) is 4. The van der Waals surface area contributed by atoms with Crippen molar-refractivity contribution in [2.24, 2.45) is 11.3 Å². The number of ether oxygens (including phenoxy) is 1. The maximum absolute atomic E-state index is 14.0. The van der Waals surface area contributed by atoms with Crippen LogP contribution in [0.2, 0.25) is 0 Å². The third-order valence-corrected chi connectivity index (χ3v) is 9.17. The number of nitrogens with one attached hydrogen (secondary N) is 1. The van der Waals surface area contributed by atoms with Gasteiger partial charge in [-0.2, -0.15) is 0 Å². The average Bonchev–Trinajstić information content (AvgIpc) is 3.58. The minimum atomic E-state index is -0.664. The number of amides is 3. The molecule has 3 aliphatic heterocycles.